The summed E-state index contributed by atoms with van der Waals surface area (Å²) >= 11 is 3.26. The van der Waals surface area contributed by atoms with E-state index in [0.29, 0.717) is 27.5 Å². The molecule has 0 saturated heterocycles. The summed E-state index contributed by atoms with van der Waals surface area (Å²) in [6, 6.07) is 16.0. The summed E-state index contributed by atoms with van der Waals surface area (Å²) in [5, 5.41) is 3.61. The Kier molecular flexibility index (Phi) is 6.31. The first-order chi connectivity index (χ1) is 13.2. The van der Waals surface area contributed by atoms with E-state index in [4.69, 9.17) is 20.0 Å². The zero-order valence-corrected chi connectivity index (χ0v) is 15.5. The van der Waals surface area contributed by atoms with E-state index in [2.05, 4.69) is 36.0 Å². The molecule has 0 bridgehead atoms. The number of oxime groups is 1. The quantitative estimate of drug-likeness (QED) is 0.198. The van der Waals surface area contributed by atoms with Crippen molar-refractivity contribution in [2.45, 2.75) is 0 Å². The molecular formula is C18H14BrN5O3. The van der Waals surface area contributed by atoms with Gasteiger partial charge in [0.25, 0.3) is 0 Å². The first kappa shape index (κ1) is 18.3. The average molecular weight is 428 g/mol. The summed E-state index contributed by atoms with van der Waals surface area (Å²) in [6.45, 7) is 0. The number of nitrogens with zero attached hydrogens (tertiary/aromatic N) is 4. The molecule has 0 amide bonds. The zero-order valence-electron chi connectivity index (χ0n) is 13.9. The number of nitrogen functional groups attached to an aromatic ring is 1. The number of aliphatic imine (C=N–C) groups is 1. The van der Waals surface area contributed by atoms with Crippen LogP contribution in [-0.4, -0.2) is 22.8 Å². The number of rotatable bonds is 7. The van der Waals surface area contributed by atoms with Crippen molar-refractivity contribution in [1.29, 1.82) is 0 Å². The molecule has 1 aromatic heterocycles. The van der Waals surface area contributed by atoms with Gasteiger partial charge in [-0.3, -0.25) is 0 Å². The first-order valence-electron chi connectivity index (χ1n) is 7.68. The Morgan fingerprint density at radius 3 is 2.59 bits per heavy atom. The lowest BCUT2D eigenvalue weighted by molar-refractivity contribution is 0.335. The van der Waals surface area contributed by atoms with E-state index in [1.807, 2.05) is 6.07 Å². The van der Waals surface area contributed by atoms with Gasteiger partial charge >= 0.3 is 6.01 Å². The monoisotopic (exact) mass is 427 g/mol. The van der Waals surface area contributed by atoms with Crippen LogP contribution < -0.4 is 15.2 Å². The molecule has 2 aromatic carbocycles. The summed E-state index contributed by atoms with van der Waals surface area (Å²) in [5.74, 6) is 1.08. The van der Waals surface area contributed by atoms with Gasteiger partial charge in [0.15, 0.2) is 5.75 Å². The lowest BCUT2D eigenvalue weighted by Crippen LogP contribution is -1.95. The zero-order chi connectivity index (χ0) is 18.9. The fraction of sp³-hybridized carbons (Fsp3) is 0. The molecule has 9 heteroatoms. The van der Waals surface area contributed by atoms with Crippen molar-refractivity contribution in [2.24, 2.45) is 10.1 Å². The second-order valence-electron chi connectivity index (χ2n) is 4.96. The number of nitrogens with two attached hydrogens (primary N) is 1. The molecule has 0 atom stereocenters. The van der Waals surface area contributed by atoms with Crippen LogP contribution in [0.5, 0.6) is 17.5 Å². The number of para-hydroxylation sites is 2. The Bertz CT molecular complexity index is 948. The third kappa shape index (κ3) is 5.79. The van der Waals surface area contributed by atoms with Gasteiger partial charge in [0.1, 0.15) is 10.4 Å². The molecule has 27 heavy (non-hydrogen) atoms. The number of ether oxygens (including phenoxy) is 2. The second kappa shape index (κ2) is 9.30. The molecule has 0 aliphatic heterocycles. The van der Waals surface area contributed by atoms with Gasteiger partial charge < -0.3 is 20.0 Å². The summed E-state index contributed by atoms with van der Waals surface area (Å²) < 4.78 is 11.4. The highest BCUT2D eigenvalue weighted by molar-refractivity contribution is 9.10. The van der Waals surface area contributed by atoms with E-state index in [0.717, 1.165) is 6.40 Å². The molecule has 3 aromatic rings. The molecule has 0 radical (unpaired) electrons. The minimum Gasteiger partial charge on any atom is -0.440 e. The number of aromatic nitrogens is 2. The molecule has 136 valence electrons. The molecule has 0 aliphatic rings. The maximum atomic E-state index is 5.73. The van der Waals surface area contributed by atoms with Crippen molar-refractivity contribution in [3.63, 3.8) is 0 Å². The SMILES string of the molecule is Nc1ccccc1O/C=N/O/C=N/c1ccc(Oc2nccc(Br)n2)cc1. The molecule has 0 saturated carbocycles. The number of anilines is 1. The van der Waals surface area contributed by atoms with Crippen LogP contribution in [0.1, 0.15) is 0 Å². The molecule has 0 unspecified atom stereocenters. The van der Waals surface area contributed by atoms with Gasteiger partial charge in [-0.1, -0.05) is 12.1 Å². The predicted molar refractivity (Wildman–Crippen MR) is 105 cm³/mol. The third-order valence-electron chi connectivity index (χ3n) is 3.10. The van der Waals surface area contributed by atoms with Gasteiger partial charge in [-0.25, -0.2) is 9.98 Å². The topological polar surface area (TPSA) is 104 Å². The van der Waals surface area contributed by atoms with E-state index in [-0.39, 0.29) is 6.01 Å². The predicted octanol–water partition coefficient (Wildman–Crippen LogP) is 4.31. The minimum absolute atomic E-state index is 0.248. The fourth-order valence-electron chi connectivity index (χ4n) is 1.88. The number of hydrogen-bond acceptors (Lipinski definition) is 8. The lowest BCUT2D eigenvalue weighted by Gasteiger charge is -2.03. The van der Waals surface area contributed by atoms with Gasteiger partial charge in [-0.05, 0) is 63.6 Å². The van der Waals surface area contributed by atoms with E-state index in [9.17, 15) is 0 Å². The molecule has 3 rings (SSSR count). The van der Waals surface area contributed by atoms with Crippen LogP contribution in [0.2, 0.25) is 0 Å². The molecule has 8 nitrogen and oxygen atoms in total. The van der Waals surface area contributed by atoms with Crippen LogP contribution in [-0.2, 0) is 4.84 Å². The highest BCUT2D eigenvalue weighted by Gasteiger charge is 2.01. The van der Waals surface area contributed by atoms with Crippen molar-refractivity contribution >= 4 is 40.1 Å². The molecular weight excluding hydrogens is 414 g/mol. The Hall–Kier alpha value is -3.46. The van der Waals surface area contributed by atoms with Gasteiger partial charge in [0, 0.05) is 6.20 Å². The average Bonchev–Trinajstić information content (AvgIpc) is 2.67. The van der Waals surface area contributed by atoms with E-state index >= 15 is 0 Å². The highest BCUT2D eigenvalue weighted by atomic mass is 79.9. The van der Waals surface area contributed by atoms with Gasteiger partial charge in [-0.15, -0.1) is 0 Å². The molecule has 0 aliphatic carbocycles. The number of hydrogen-bond donors (Lipinski definition) is 1. The molecule has 2 N–H and O–H groups in total. The van der Waals surface area contributed by atoms with Crippen molar-refractivity contribution in [1.82, 2.24) is 9.97 Å². The summed E-state index contributed by atoms with van der Waals surface area (Å²) in [5.41, 5.74) is 6.89. The smallest absolute Gasteiger partial charge is 0.322 e. The van der Waals surface area contributed by atoms with Gasteiger partial charge in [0.2, 0.25) is 12.8 Å². The lowest BCUT2D eigenvalue weighted by atomic mass is 10.3. The first-order valence-corrected chi connectivity index (χ1v) is 8.48. The van der Waals surface area contributed by atoms with Gasteiger partial charge in [-0.2, -0.15) is 4.98 Å². The van der Waals surface area contributed by atoms with Crippen molar-refractivity contribution in [3.8, 4) is 17.5 Å². The van der Waals surface area contributed by atoms with Crippen LogP contribution in [0.4, 0.5) is 11.4 Å². The maximum Gasteiger partial charge on any atom is 0.322 e. The minimum atomic E-state index is 0.248. The van der Waals surface area contributed by atoms with Crippen LogP contribution in [0.3, 0.4) is 0 Å². The standard InChI is InChI=1S/C18H14BrN5O3/c19-17-9-10-21-18(24-17)27-14-7-5-13(6-8-14)22-11-26-23-12-25-16-4-2-1-3-15(16)20/h1-12H,20H2/b22-11+,23-12+. The van der Waals surface area contributed by atoms with Crippen molar-refractivity contribution in [3.05, 3.63) is 65.4 Å². The fourth-order valence-corrected chi connectivity index (χ4v) is 2.15. The Labute approximate surface area is 163 Å². The maximum absolute atomic E-state index is 5.73. The van der Waals surface area contributed by atoms with Crippen LogP contribution >= 0.6 is 15.9 Å². The molecule has 0 fully saturated rings. The Balaban J connectivity index is 1.48. The van der Waals surface area contributed by atoms with Crippen LogP contribution in [0, 0.1) is 0 Å². The Morgan fingerprint density at radius 2 is 1.81 bits per heavy atom. The van der Waals surface area contributed by atoms with Crippen molar-refractivity contribution in [2.75, 3.05) is 5.73 Å². The largest absolute Gasteiger partial charge is 0.440 e. The Morgan fingerprint density at radius 1 is 1.00 bits per heavy atom. The van der Waals surface area contributed by atoms with E-state index in [1.54, 1.807) is 54.7 Å². The normalized spacial score (nSPS) is 11.0. The van der Waals surface area contributed by atoms with E-state index < -0.39 is 0 Å². The number of benzene rings is 2. The third-order valence-corrected chi connectivity index (χ3v) is 3.54. The summed E-state index contributed by atoms with van der Waals surface area (Å²) in [6.07, 6.45) is 3.91. The summed E-state index contributed by atoms with van der Waals surface area (Å²) in [7, 11) is 0. The number of halogens is 1. The van der Waals surface area contributed by atoms with Crippen molar-refractivity contribution < 1.29 is 14.3 Å². The van der Waals surface area contributed by atoms with Crippen LogP contribution in [0.25, 0.3) is 0 Å². The van der Waals surface area contributed by atoms with Crippen LogP contribution in [0.15, 0.2) is 75.5 Å². The second-order valence-corrected chi connectivity index (χ2v) is 5.78. The van der Waals surface area contributed by atoms with E-state index in [1.165, 1.54) is 6.40 Å². The summed E-state index contributed by atoms with van der Waals surface area (Å²) in [4.78, 5) is 17.1. The molecule has 1 heterocycles. The highest BCUT2D eigenvalue weighted by Crippen LogP contribution is 2.22. The molecule has 0 spiro atoms. The van der Waals surface area contributed by atoms with Gasteiger partial charge in [0.05, 0.1) is 11.4 Å².